The molecule has 1 fully saturated rings. The Morgan fingerprint density at radius 2 is 1.83 bits per heavy atom. The van der Waals surface area contributed by atoms with Crippen molar-refractivity contribution in [3.05, 3.63) is 55.0 Å². The monoisotopic (exact) mass is 306 g/mol. The number of nitrogens with one attached hydrogen (secondary N) is 1. The highest BCUT2D eigenvalue weighted by Gasteiger charge is 2.28. The maximum Gasteiger partial charge on any atom is 0.126 e. The molecule has 118 valence electrons. The van der Waals surface area contributed by atoms with Gasteiger partial charge in [0.05, 0.1) is 23.3 Å². The summed E-state index contributed by atoms with van der Waals surface area (Å²) >= 11 is 0. The normalized spacial score (nSPS) is 17.7. The lowest BCUT2D eigenvalue weighted by molar-refractivity contribution is 0.750. The number of para-hydroxylation sites is 2. The summed E-state index contributed by atoms with van der Waals surface area (Å²) in [5.41, 5.74) is 3.37. The second kappa shape index (κ2) is 5.61. The largest absolute Gasteiger partial charge is 0.367 e. The zero-order valence-electron chi connectivity index (χ0n) is 13.5. The van der Waals surface area contributed by atoms with Crippen LogP contribution in [0.25, 0.3) is 0 Å². The van der Waals surface area contributed by atoms with Crippen LogP contribution in [-0.4, -0.2) is 18.1 Å². The predicted molar refractivity (Wildman–Crippen MR) is 96.2 cm³/mol. The quantitative estimate of drug-likeness (QED) is 0.905. The number of hydrogen-bond donors (Lipinski definition) is 1. The molecule has 0 atom stereocenters. The van der Waals surface area contributed by atoms with Crippen molar-refractivity contribution >= 4 is 22.9 Å². The Bertz CT molecular complexity index is 716. The maximum absolute atomic E-state index is 4.61. The van der Waals surface area contributed by atoms with E-state index in [0.29, 0.717) is 6.04 Å². The first kappa shape index (κ1) is 14.1. The van der Waals surface area contributed by atoms with Crippen LogP contribution in [0.3, 0.4) is 0 Å². The van der Waals surface area contributed by atoms with Crippen LogP contribution in [0.4, 0.5) is 22.9 Å². The summed E-state index contributed by atoms with van der Waals surface area (Å²) in [7, 11) is 2.05. The molecule has 0 saturated heterocycles. The lowest BCUT2D eigenvalue weighted by atomic mass is 10.2. The van der Waals surface area contributed by atoms with Gasteiger partial charge < -0.3 is 10.2 Å². The van der Waals surface area contributed by atoms with Crippen molar-refractivity contribution in [2.75, 3.05) is 22.2 Å². The van der Waals surface area contributed by atoms with E-state index in [0.717, 1.165) is 23.0 Å². The Hall–Kier alpha value is -2.49. The molecule has 1 aliphatic heterocycles. The van der Waals surface area contributed by atoms with Crippen LogP contribution >= 0.6 is 0 Å². The van der Waals surface area contributed by atoms with Gasteiger partial charge in [0.2, 0.25) is 0 Å². The van der Waals surface area contributed by atoms with Gasteiger partial charge in [-0.05, 0) is 37.1 Å². The molecule has 4 rings (SSSR count). The van der Waals surface area contributed by atoms with E-state index in [-0.39, 0.29) is 0 Å². The second-order valence-electron chi connectivity index (χ2n) is 6.33. The number of pyridine rings is 1. The van der Waals surface area contributed by atoms with E-state index >= 15 is 0 Å². The number of rotatable bonds is 3. The number of hydrogen-bond acceptors (Lipinski definition) is 4. The summed E-state index contributed by atoms with van der Waals surface area (Å²) in [6, 6.07) is 13.1. The predicted octanol–water partition coefficient (Wildman–Crippen LogP) is 4.50. The summed E-state index contributed by atoms with van der Waals surface area (Å²) < 4.78 is 0. The first-order chi connectivity index (χ1) is 11.2. The second-order valence-corrected chi connectivity index (χ2v) is 6.33. The third-order valence-electron chi connectivity index (χ3n) is 4.84. The Morgan fingerprint density at radius 3 is 2.52 bits per heavy atom. The molecule has 1 aromatic carbocycles. The molecule has 1 saturated carbocycles. The van der Waals surface area contributed by atoms with Crippen LogP contribution in [0.5, 0.6) is 0 Å². The summed E-state index contributed by atoms with van der Waals surface area (Å²) in [4.78, 5) is 8.87. The number of nitrogens with zero attached hydrogens (tertiary/aromatic N) is 3. The molecule has 1 aliphatic carbocycles. The highest BCUT2D eigenvalue weighted by molar-refractivity contribution is 5.87. The van der Waals surface area contributed by atoms with Crippen LogP contribution < -0.4 is 15.1 Å². The lowest BCUT2D eigenvalue weighted by Crippen LogP contribution is -2.20. The molecule has 1 N–H and O–H groups in total. The molecule has 0 amide bonds. The molecule has 2 heterocycles. The zero-order chi connectivity index (χ0) is 15.8. The van der Waals surface area contributed by atoms with Gasteiger partial charge >= 0.3 is 0 Å². The zero-order valence-corrected chi connectivity index (χ0v) is 13.5. The fourth-order valence-electron chi connectivity index (χ4n) is 3.54. The van der Waals surface area contributed by atoms with Crippen LogP contribution in [0.2, 0.25) is 0 Å². The number of aromatic nitrogens is 1. The van der Waals surface area contributed by atoms with Gasteiger partial charge in [0.1, 0.15) is 11.6 Å². The van der Waals surface area contributed by atoms with Crippen LogP contribution in [-0.2, 0) is 0 Å². The van der Waals surface area contributed by atoms with Gasteiger partial charge in [-0.2, -0.15) is 0 Å². The van der Waals surface area contributed by atoms with Crippen molar-refractivity contribution in [3.63, 3.8) is 0 Å². The summed E-state index contributed by atoms with van der Waals surface area (Å²) in [5, 5.41) is 3.54. The summed E-state index contributed by atoms with van der Waals surface area (Å²) in [6.45, 7) is 4.22. The third kappa shape index (κ3) is 2.44. The molecule has 0 radical (unpaired) electrons. The average Bonchev–Trinajstić information content (AvgIpc) is 3.17. The molecule has 0 spiro atoms. The smallest absolute Gasteiger partial charge is 0.126 e. The van der Waals surface area contributed by atoms with Crippen molar-refractivity contribution in [1.29, 1.82) is 0 Å². The minimum atomic E-state index is 0.585. The van der Waals surface area contributed by atoms with Crippen LogP contribution in [0, 0.1) is 0 Å². The fourth-order valence-corrected chi connectivity index (χ4v) is 3.54. The number of benzene rings is 1. The summed E-state index contributed by atoms with van der Waals surface area (Å²) in [6.07, 6.45) is 7.09. The van der Waals surface area contributed by atoms with Crippen molar-refractivity contribution in [3.8, 4) is 0 Å². The Balaban J connectivity index is 1.59. The van der Waals surface area contributed by atoms with Gasteiger partial charge in [0.15, 0.2) is 0 Å². The first-order valence-electron chi connectivity index (χ1n) is 8.28. The van der Waals surface area contributed by atoms with Gasteiger partial charge in [0, 0.05) is 13.1 Å². The molecule has 0 unspecified atom stereocenters. The third-order valence-corrected chi connectivity index (χ3v) is 4.84. The first-order valence-corrected chi connectivity index (χ1v) is 8.28. The van der Waals surface area contributed by atoms with E-state index in [1.54, 1.807) is 0 Å². The molecule has 23 heavy (non-hydrogen) atoms. The Labute approximate surface area is 137 Å². The average molecular weight is 306 g/mol. The van der Waals surface area contributed by atoms with Gasteiger partial charge in [-0.25, -0.2) is 4.98 Å². The minimum absolute atomic E-state index is 0.585. The van der Waals surface area contributed by atoms with Crippen molar-refractivity contribution in [2.24, 2.45) is 0 Å². The van der Waals surface area contributed by atoms with E-state index in [1.807, 2.05) is 13.2 Å². The SMILES string of the molecule is C=C1N(C)c2ccccc2N1c1ccc(NC2CCCC2)nc1. The van der Waals surface area contributed by atoms with Crippen LogP contribution in [0.15, 0.2) is 55.0 Å². The fraction of sp³-hybridized carbons (Fsp3) is 0.316. The van der Waals surface area contributed by atoms with Crippen molar-refractivity contribution < 1.29 is 0 Å². The lowest BCUT2D eigenvalue weighted by Gasteiger charge is -2.22. The van der Waals surface area contributed by atoms with E-state index < -0.39 is 0 Å². The standard InChI is InChI=1S/C19H22N4/c1-14-22(2)17-9-5-6-10-18(17)23(14)16-11-12-19(20-13-16)21-15-7-3-4-8-15/h5-6,9-13,15H,1,3-4,7-8H2,2H3,(H,20,21). The Morgan fingerprint density at radius 1 is 1.09 bits per heavy atom. The van der Waals surface area contributed by atoms with Crippen LogP contribution in [0.1, 0.15) is 25.7 Å². The molecular formula is C19H22N4. The maximum atomic E-state index is 4.61. The van der Waals surface area contributed by atoms with E-state index in [9.17, 15) is 0 Å². The highest BCUT2D eigenvalue weighted by atomic mass is 15.4. The highest BCUT2D eigenvalue weighted by Crippen LogP contribution is 2.44. The molecule has 4 heteroatoms. The van der Waals surface area contributed by atoms with Gasteiger partial charge in [-0.15, -0.1) is 0 Å². The van der Waals surface area contributed by atoms with E-state index in [1.165, 1.54) is 31.4 Å². The minimum Gasteiger partial charge on any atom is -0.367 e. The topological polar surface area (TPSA) is 31.4 Å². The molecule has 1 aromatic heterocycles. The van der Waals surface area contributed by atoms with Crippen molar-refractivity contribution in [2.45, 2.75) is 31.7 Å². The molecular weight excluding hydrogens is 284 g/mol. The van der Waals surface area contributed by atoms with E-state index in [2.05, 4.69) is 63.1 Å². The summed E-state index contributed by atoms with van der Waals surface area (Å²) in [5.74, 6) is 1.91. The number of fused-ring (bicyclic) bond motifs is 1. The Kier molecular flexibility index (Phi) is 3.45. The van der Waals surface area contributed by atoms with E-state index in [4.69, 9.17) is 0 Å². The van der Waals surface area contributed by atoms with Crippen molar-refractivity contribution in [1.82, 2.24) is 4.98 Å². The molecule has 0 bridgehead atoms. The van der Waals surface area contributed by atoms with Gasteiger partial charge in [-0.3, -0.25) is 4.90 Å². The van der Waals surface area contributed by atoms with Gasteiger partial charge in [0.25, 0.3) is 0 Å². The number of anilines is 4. The molecule has 2 aliphatic rings. The molecule has 2 aromatic rings. The van der Waals surface area contributed by atoms with Gasteiger partial charge in [-0.1, -0.05) is 31.6 Å². The molecule has 4 nitrogen and oxygen atoms in total.